The molecule has 0 spiro atoms. The van der Waals surface area contributed by atoms with Gasteiger partial charge in [0.05, 0.1) is 5.92 Å². The summed E-state index contributed by atoms with van der Waals surface area (Å²) in [5.74, 6) is -1.25. The van der Waals surface area contributed by atoms with Gasteiger partial charge >= 0.3 is 12.0 Å². The van der Waals surface area contributed by atoms with Crippen molar-refractivity contribution < 1.29 is 14.7 Å². The fourth-order valence-corrected chi connectivity index (χ4v) is 2.56. The van der Waals surface area contributed by atoms with Crippen LogP contribution in [0.2, 0.25) is 0 Å². The quantitative estimate of drug-likeness (QED) is 0.595. The van der Waals surface area contributed by atoms with Gasteiger partial charge in [-0.25, -0.2) is 4.79 Å². The Balaban J connectivity index is 2.01. The largest absolute Gasteiger partial charge is 0.481 e. The fourth-order valence-electron chi connectivity index (χ4n) is 2.56. The molecule has 0 aromatic carbocycles. The topological polar surface area (TPSA) is 81.7 Å². The second-order valence-corrected chi connectivity index (χ2v) is 5.94. The number of carbonyl (C=O) groups is 2. The molecule has 0 aromatic rings. The maximum absolute atomic E-state index is 11.5. The third kappa shape index (κ3) is 7.32. The molecule has 0 aliphatic carbocycles. The number of carbonyl (C=O) groups excluding carboxylic acids is 1. The number of rotatable bonds is 8. The molecule has 1 rings (SSSR count). The number of hydrogen-bond donors (Lipinski definition) is 3. The molecule has 1 saturated heterocycles. The van der Waals surface area contributed by atoms with Gasteiger partial charge in [0.2, 0.25) is 0 Å². The number of carboxylic acid groups (broad SMARTS) is 1. The maximum atomic E-state index is 11.5. The summed E-state index contributed by atoms with van der Waals surface area (Å²) >= 11 is 0. The number of piperidine rings is 1. The highest BCUT2D eigenvalue weighted by Crippen LogP contribution is 2.15. The van der Waals surface area contributed by atoms with Crippen LogP contribution in [-0.2, 0) is 4.79 Å². The number of carboxylic acids is 1. The number of urea groups is 1. The smallest absolute Gasteiger partial charge is 0.314 e. The molecule has 6 heteroatoms. The van der Waals surface area contributed by atoms with E-state index in [2.05, 4.69) is 22.5 Å². The van der Waals surface area contributed by atoms with Crippen LogP contribution < -0.4 is 10.6 Å². The van der Waals surface area contributed by atoms with Crippen molar-refractivity contribution in [3.05, 3.63) is 0 Å². The summed E-state index contributed by atoms with van der Waals surface area (Å²) < 4.78 is 0. The number of nitrogens with zero attached hydrogens (tertiary/aromatic N) is 1. The van der Waals surface area contributed by atoms with Gasteiger partial charge in [-0.05, 0) is 39.2 Å². The van der Waals surface area contributed by atoms with E-state index in [1.807, 2.05) is 0 Å². The normalized spacial score (nSPS) is 20.8. The van der Waals surface area contributed by atoms with Crippen molar-refractivity contribution in [2.24, 2.45) is 5.92 Å². The van der Waals surface area contributed by atoms with Crippen LogP contribution in [-0.4, -0.2) is 54.2 Å². The molecule has 122 valence electrons. The van der Waals surface area contributed by atoms with Gasteiger partial charge in [0.1, 0.15) is 0 Å². The molecule has 2 atom stereocenters. The predicted molar refractivity (Wildman–Crippen MR) is 82.3 cm³/mol. The molecule has 0 saturated carbocycles. The lowest BCUT2D eigenvalue weighted by molar-refractivity contribution is -0.141. The Hall–Kier alpha value is -1.30. The summed E-state index contributed by atoms with van der Waals surface area (Å²) in [5, 5.41) is 14.2. The molecule has 1 fully saturated rings. The van der Waals surface area contributed by atoms with Crippen LogP contribution in [0.1, 0.15) is 46.0 Å². The van der Waals surface area contributed by atoms with E-state index in [0.29, 0.717) is 25.6 Å². The molecule has 21 heavy (non-hydrogen) atoms. The Kier molecular flexibility index (Phi) is 8.12. The van der Waals surface area contributed by atoms with Gasteiger partial charge in [-0.3, -0.25) is 4.79 Å². The van der Waals surface area contributed by atoms with Crippen LogP contribution in [0, 0.1) is 5.92 Å². The van der Waals surface area contributed by atoms with Crippen molar-refractivity contribution >= 4 is 12.0 Å². The molecule has 1 aliphatic heterocycles. The summed E-state index contributed by atoms with van der Waals surface area (Å²) in [7, 11) is 0. The Labute approximate surface area is 127 Å². The lowest BCUT2D eigenvalue weighted by atomic mass is 10.0. The van der Waals surface area contributed by atoms with Gasteiger partial charge in [-0.2, -0.15) is 0 Å². The van der Waals surface area contributed by atoms with Gasteiger partial charge in [0.25, 0.3) is 0 Å². The Morgan fingerprint density at radius 1 is 1.29 bits per heavy atom. The molecule has 3 N–H and O–H groups in total. The van der Waals surface area contributed by atoms with E-state index >= 15 is 0 Å². The number of hydrogen-bond acceptors (Lipinski definition) is 3. The minimum atomic E-state index is -0.826. The second-order valence-electron chi connectivity index (χ2n) is 5.94. The highest BCUT2D eigenvalue weighted by atomic mass is 16.4. The lowest BCUT2D eigenvalue weighted by Gasteiger charge is -2.33. The van der Waals surface area contributed by atoms with E-state index in [1.165, 1.54) is 25.8 Å². The van der Waals surface area contributed by atoms with E-state index in [-0.39, 0.29) is 6.03 Å². The molecule has 6 nitrogen and oxygen atoms in total. The van der Waals surface area contributed by atoms with E-state index in [1.54, 1.807) is 6.92 Å². The van der Waals surface area contributed by atoms with Crippen LogP contribution in [0.15, 0.2) is 0 Å². The summed E-state index contributed by atoms with van der Waals surface area (Å²) in [6.45, 7) is 7.15. The summed E-state index contributed by atoms with van der Waals surface area (Å²) in [5.41, 5.74) is 0. The summed E-state index contributed by atoms with van der Waals surface area (Å²) in [4.78, 5) is 24.6. The number of likely N-dealkylation sites (tertiary alicyclic amines) is 1. The molecule has 1 aliphatic rings. The highest BCUT2D eigenvalue weighted by Gasteiger charge is 2.17. The van der Waals surface area contributed by atoms with Crippen molar-refractivity contribution in [1.82, 2.24) is 15.5 Å². The van der Waals surface area contributed by atoms with Gasteiger partial charge in [0.15, 0.2) is 0 Å². The summed E-state index contributed by atoms with van der Waals surface area (Å²) in [6, 6.07) is 0.448. The molecule has 0 aromatic heterocycles. The van der Waals surface area contributed by atoms with Gasteiger partial charge in [0, 0.05) is 25.7 Å². The number of nitrogens with one attached hydrogen (secondary N) is 2. The zero-order chi connectivity index (χ0) is 15.7. The third-order valence-corrected chi connectivity index (χ3v) is 4.13. The standard InChI is InChI=1S/C15H29N3O3/c1-12(14(19)20)7-9-17-15(21)16-8-5-11-18-10-4-3-6-13(18)2/h12-13H,3-11H2,1-2H3,(H,19,20)(H2,16,17,21). The zero-order valence-electron chi connectivity index (χ0n) is 13.2. The van der Waals surface area contributed by atoms with E-state index in [9.17, 15) is 9.59 Å². The zero-order valence-corrected chi connectivity index (χ0v) is 13.2. The molecular formula is C15H29N3O3. The first-order valence-electron chi connectivity index (χ1n) is 7.99. The Bertz CT molecular complexity index is 336. The van der Waals surface area contributed by atoms with Crippen molar-refractivity contribution in [2.45, 2.75) is 52.0 Å². The molecule has 2 unspecified atom stereocenters. The lowest BCUT2D eigenvalue weighted by Crippen LogP contribution is -2.41. The van der Waals surface area contributed by atoms with Gasteiger partial charge < -0.3 is 20.6 Å². The molecule has 1 heterocycles. The van der Waals surface area contributed by atoms with E-state index in [4.69, 9.17) is 5.11 Å². The third-order valence-electron chi connectivity index (χ3n) is 4.13. The van der Waals surface area contributed by atoms with Crippen LogP contribution >= 0.6 is 0 Å². The van der Waals surface area contributed by atoms with Gasteiger partial charge in [-0.1, -0.05) is 13.3 Å². The Morgan fingerprint density at radius 3 is 2.67 bits per heavy atom. The Morgan fingerprint density at radius 2 is 2.00 bits per heavy atom. The van der Waals surface area contributed by atoms with E-state index < -0.39 is 11.9 Å². The van der Waals surface area contributed by atoms with Crippen molar-refractivity contribution in [3.8, 4) is 0 Å². The molecule has 0 radical (unpaired) electrons. The van der Waals surface area contributed by atoms with Crippen molar-refractivity contribution in [1.29, 1.82) is 0 Å². The van der Waals surface area contributed by atoms with Gasteiger partial charge in [-0.15, -0.1) is 0 Å². The minimum Gasteiger partial charge on any atom is -0.481 e. The van der Waals surface area contributed by atoms with Crippen LogP contribution in [0.3, 0.4) is 0 Å². The average Bonchev–Trinajstić information content (AvgIpc) is 2.45. The fraction of sp³-hybridized carbons (Fsp3) is 0.867. The van der Waals surface area contributed by atoms with Crippen molar-refractivity contribution in [2.75, 3.05) is 26.2 Å². The molecule has 0 bridgehead atoms. The first-order chi connectivity index (χ1) is 10.0. The van der Waals surface area contributed by atoms with Crippen molar-refractivity contribution in [3.63, 3.8) is 0 Å². The SMILES string of the molecule is CC(CCNC(=O)NCCCN1CCCCC1C)C(=O)O. The summed E-state index contributed by atoms with van der Waals surface area (Å²) in [6.07, 6.45) is 5.28. The highest BCUT2D eigenvalue weighted by molar-refractivity contribution is 5.74. The monoisotopic (exact) mass is 299 g/mol. The maximum Gasteiger partial charge on any atom is 0.314 e. The molecular weight excluding hydrogens is 270 g/mol. The minimum absolute atomic E-state index is 0.209. The first-order valence-corrected chi connectivity index (χ1v) is 7.99. The van der Waals surface area contributed by atoms with Crippen LogP contribution in [0.4, 0.5) is 4.79 Å². The van der Waals surface area contributed by atoms with Crippen LogP contribution in [0.5, 0.6) is 0 Å². The van der Waals surface area contributed by atoms with E-state index in [0.717, 1.165) is 13.0 Å². The predicted octanol–water partition coefficient (Wildman–Crippen LogP) is 1.66. The second kappa shape index (κ2) is 9.60. The molecule has 2 amide bonds. The number of aliphatic carboxylic acids is 1. The van der Waals surface area contributed by atoms with Crippen LogP contribution in [0.25, 0.3) is 0 Å². The first kappa shape index (κ1) is 17.8. The number of amides is 2. The average molecular weight is 299 g/mol.